The van der Waals surface area contributed by atoms with Gasteiger partial charge in [0, 0.05) is 12.8 Å². The molecule has 0 aliphatic rings. The minimum Gasteiger partial charge on any atom is -0.303 e. The van der Waals surface area contributed by atoms with Gasteiger partial charge in [-0.25, -0.2) is 4.39 Å². The van der Waals surface area contributed by atoms with Crippen molar-refractivity contribution < 1.29 is 14.0 Å². The Kier molecular flexibility index (Phi) is 8.43. The summed E-state index contributed by atoms with van der Waals surface area (Å²) in [6, 6.07) is 14.7. The average Bonchev–Trinajstić information content (AvgIpc) is 2.54. The molecule has 0 saturated carbocycles. The second kappa shape index (κ2) is 10.4. The van der Waals surface area contributed by atoms with E-state index in [0.29, 0.717) is 24.8 Å². The number of aryl methyl sites for hydroxylation is 3. The predicted molar refractivity (Wildman–Crippen MR) is 86.3 cm³/mol. The van der Waals surface area contributed by atoms with Crippen molar-refractivity contribution in [3.05, 3.63) is 71.0 Å². The Morgan fingerprint density at radius 3 is 1.86 bits per heavy atom. The van der Waals surface area contributed by atoms with Crippen LogP contribution in [0.5, 0.6) is 0 Å². The zero-order valence-electron chi connectivity index (χ0n) is 12.8. The number of hydrogen-bond donors (Lipinski definition) is 0. The summed E-state index contributed by atoms with van der Waals surface area (Å²) in [6.07, 6.45) is 4.15. The molecular formula is C19H21FO2. The molecule has 0 fully saturated rings. The van der Waals surface area contributed by atoms with Crippen molar-refractivity contribution in [1.82, 2.24) is 0 Å². The van der Waals surface area contributed by atoms with Gasteiger partial charge in [0.1, 0.15) is 18.4 Å². The first-order chi connectivity index (χ1) is 10.7. The van der Waals surface area contributed by atoms with Gasteiger partial charge in [-0.15, -0.1) is 0 Å². The molecule has 0 aliphatic carbocycles. The molecule has 2 nitrogen and oxygen atoms in total. The van der Waals surface area contributed by atoms with Crippen LogP contribution in [0.15, 0.2) is 48.5 Å². The van der Waals surface area contributed by atoms with E-state index in [2.05, 4.69) is 19.1 Å². The molecule has 22 heavy (non-hydrogen) atoms. The number of carbonyl (C=O) groups is 2. The Labute approximate surface area is 131 Å². The summed E-state index contributed by atoms with van der Waals surface area (Å²) in [5.41, 5.74) is 3.16. The van der Waals surface area contributed by atoms with Gasteiger partial charge >= 0.3 is 0 Å². The average molecular weight is 300 g/mol. The first kappa shape index (κ1) is 17.8. The molecule has 0 radical (unpaired) electrons. The summed E-state index contributed by atoms with van der Waals surface area (Å²) >= 11 is 0. The quantitative estimate of drug-likeness (QED) is 0.753. The van der Waals surface area contributed by atoms with Crippen molar-refractivity contribution in [2.75, 3.05) is 0 Å². The maximum absolute atomic E-state index is 12.8. The Balaban J connectivity index is 0.000000220. The van der Waals surface area contributed by atoms with Crippen molar-refractivity contribution in [1.29, 1.82) is 0 Å². The van der Waals surface area contributed by atoms with Crippen LogP contribution in [-0.2, 0) is 22.4 Å². The molecule has 0 spiro atoms. The molecule has 0 heterocycles. The SMILES string of the molecule is Cc1ccccc1CCC=O.O=CCCc1ccccc1F. The topological polar surface area (TPSA) is 34.1 Å². The lowest BCUT2D eigenvalue weighted by Crippen LogP contribution is -1.89. The largest absolute Gasteiger partial charge is 0.303 e. The monoisotopic (exact) mass is 300 g/mol. The van der Waals surface area contributed by atoms with Gasteiger partial charge in [0.05, 0.1) is 0 Å². The fourth-order valence-corrected chi connectivity index (χ4v) is 2.02. The third-order valence-electron chi connectivity index (χ3n) is 3.28. The highest BCUT2D eigenvalue weighted by Crippen LogP contribution is 2.08. The lowest BCUT2D eigenvalue weighted by molar-refractivity contribution is -0.108. The number of aldehydes is 2. The number of rotatable bonds is 6. The minimum absolute atomic E-state index is 0.227. The molecule has 0 aliphatic heterocycles. The molecular weight excluding hydrogens is 279 g/mol. The van der Waals surface area contributed by atoms with Crippen LogP contribution in [0.2, 0.25) is 0 Å². The molecule has 0 aromatic heterocycles. The lowest BCUT2D eigenvalue weighted by atomic mass is 10.1. The van der Waals surface area contributed by atoms with E-state index in [1.54, 1.807) is 18.2 Å². The number of benzene rings is 2. The maximum atomic E-state index is 12.8. The molecule has 0 bridgehead atoms. The highest BCUT2D eigenvalue weighted by molar-refractivity contribution is 5.50. The zero-order chi connectivity index (χ0) is 16.2. The molecule has 0 unspecified atom stereocenters. The van der Waals surface area contributed by atoms with E-state index in [0.717, 1.165) is 19.0 Å². The molecule has 3 heteroatoms. The number of carbonyl (C=O) groups excluding carboxylic acids is 2. The fraction of sp³-hybridized carbons (Fsp3) is 0.263. The number of hydrogen-bond acceptors (Lipinski definition) is 2. The van der Waals surface area contributed by atoms with Crippen LogP contribution in [0.1, 0.15) is 29.5 Å². The van der Waals surface area contributed by atoms with Crippen LogP contribution in [-0.4, -0.2) is 12.6 Å². The van der Waals surface area contributed by atoms with Crippen LogP contribution in [0, 0.1) is 12.7 Å². The summed E-state index contributed by atoms with van der Waals surface area (Å²) in [7, 11) is 0. The zero-order valence-corrected chi connectivity index (χ0v) is 12.8. The van der Waals surface area contributed by atoms with Crippen molar-refractivity contribution in [3.8, 4) is 0 Å². The summed E-state index contributed by atoms with van der Waals surface area (Å²) < 4.78 is 12.8. The van der Waals surface area contributed by atoms with Gasteiger partial charge in [0.2, 0.25) is 0 Å². The van der Waals surface area contributed by atoms with Crippen LogP contribution in [0.4, 0.5) is 4.39 Å². The Morgan fingerprint density at radius 1 is 0.818 bits per heavy atom. The lowest BCUT2D eigenvalue weighted by Gasteiger charge is -2.00. The molecule has 0 N–H and O–H groups in total. The van der Waals surface area contributed by atoms with E-state index in [1.165, 1.54) is 17.2 Å². The maximum Gasteiger partial charge on any atom is 0.126 e. The van der Waals surface area contributed by atoms with E-state index in [9.17, 15) is 14.0 Å². The first-order valence-electron chi connectivity index (χ1n) is 7.34. The van der Waals surface area contributed by atoms with Gasteiger partial charge in [0.25, 0.3) is 0 Å². The van der Waals surface area contributed by atoms with Gasteiger partial charge in [0.15, 0.2) is 0 Å². The van der Waals surface area contributed by atoms with Crippen LogP contribution in [0.25, 0.3) is 0 Å². The normalized spacial score (nSPS) is 9.55. The van der Waals surface area contributed by atoms with E-state index in [4.69, 9.17) is 0 Å². The first-order valence-corrected chi connectivity index (χ1v) is 7.34. The summed E-state index contributed by atoms with van der Waals surface area (Å²) in [5.74, 6) is -0.227. The number of halogens is 1. The molecule has 0 atom stereocenters. The van der Waals surface area contributed by atoms with E-state index >= 15 is 0 Å². The van der Waals surface area contributed by atoms with Crippen LogP contribution in [0.3, 0.4) is 0 Å². The standard InChI is InChI=1S/C10H12O.C9H9FO/c1-9-5-2-3-6-10(9)7-4-8-11;10-9-6-2-1-4-8(9)5-3-7-11/h2-3,5-6,8H,4,7H2,1H3;1-2,4,6-7H,3,5H2. The van der Waals surface area contributed by atoms with Gasteiger partial charge in [-0.2, -0.15) is 0 Å². The summed E-state index contributed by atoms with van der Waals surface area (Å²) in [4.78, 5) is 20.1. The smallest absolute Gasteiger partial charge is 0.126 e. The predicted octanol–water partition coefficient (Wildman–Crippen LogP) is 4.08. The molecule has 0 saturated heterocycles. The molecule has 0 amide bonds. The molecule has 2 aromatic carbocycles. The third-order valence-corrected chi connectivity index (χ3v) is 3.28. The Morgan fingerprint density at radius 2 is 1.32 bits per heavy atom. The molecule has 2 aromatic rings. The summed E-state index contributed by atoms with van der Waals surface area (Å²) in [5, 5.41) is 0. The van der Waals surface area contributed by atoms with Crippen LogP contribution >= 0.6 is 0 Å². The van der Waals surface area contributed by atoms with Gasteiger partial charge in [-0.05, 0) is 42.5 Å². The molecule has 116 valence electrons. The van der Waals surface area contributed by atoms with Crippen molar-refractivity contribution >= 4 is 12.6 Å². The van der Waals surface area contributed by atoms with Gasteiger partial charge in [-0.3, -0.25) is 0 Å². The van der Waals surface area contributed by atoms with E-state index in [1.807, 2.05) is 12.1 Å². The summed E-state index contributed by atoms with van der Waals surface area (Å²) in [6.45, 7) is 2.07. The highest BCUT2D eigenvalue weighted by Gasteiger charge is 1.98. The Bertz CT molecular complexity index is 540. The van der Waals surface area contributed by atoms with Gasteiger partial charge in [-0.1, -0.05) is 42.5 Å². The second-order valence-electron chi connectivity index (χ2n) is 4.93. The minimum atomic E-state index is -0.227. The van der Waals surface area contributed by atoms with Crippen molar-refractivity contribution in [2.24, 2.45) is 0 Å². The van der Waals surface area contributed by atoms with E-state index < -0.39 is 0 Å². The highest BCUT2D eigenvalue weighted by atomic mass is 19.1. The molecule has 2 rings (SSSR count). The van der Waals surface area contributed by atoms with Gasteiger partial charge < -0.3 is 9.59 Å². The van der Waals surface area contributed by atoms with Crippen LogP contribution < -0.4 is 0 Å². The fourth-order valence-electron chi connectivity index (χ4n) is 2.02. The second-order valence-corrected chi connectivity index (χ2v) is 4.93. The van der Waals surface area contributed by atoms with Crippen molar-refractivity contribution in [3.63, 3.8) is 0 Å². The van der Waals surface area contributed by atoms with Crippen molar-refractivity contribution in [2.45, 2.75) is 32.6 Å². The van der Waals surface area contributed by atoms with E-state index in [-0.39, 0.29) is 5.82 Å². The third kappa shape index (κ3) is 6.44. The Hall–Kier alpha value is -2.29.